The van der Waals surface area contributed by atoms with Crippen LogP contribution < -0.4 is 2.89 Å². The number of hydrogen-bond donors (Lipinski definition) is 0. The van der Waals surface area contributed by atoms with E-state index in [1.54, 1.807) is 29.3 Å². The zero-order chi connectivity index (χ0) is 31.9. The van der Waals surface area contributed by atoms with E-state index in [-0.39, 0.29) is 0 Å². The van der Waals surface area contributed by atoms with Crippen LogP contribution in [0.5, 0.6) is 0 Å². The molecule has 0 bridgehead atoms. The third-order valence-electron chi connectivity index (χ3n) is 9.61. The predicted molar refractivity (Wildman–Crippen MR) is 214 cm³/mol. The summed E-state index contributed by atoms with van der Waals surface area (Å²) >= 11 is 5.79. The van der Waals surface area contributed by atoms with Gasteiger partial charge in [0.05, 0.1) is 0 Å². The van der Waals surface area contributed by atoms with Gasteiger partial charge in [0.15, 0.2) is 0 Å². The SMILES string of the molecule is CCCCCCc1ccsc1-c1ccc(-c2ccc(-c3s[c]([Sn]([CH2]CCC)([CH2]CCC)[CH2]CCC)cc3CCCCCC)s2)s1. The molecule has 0 amide bonds. The second kappa shape index (κ2) is 20.2. The molecule has 0 aliphatic rings. The first kappa shape index (κ1) is 37.4. The summed E-state index contributed by atoms with van der Waals surface area (Å²) in [5.41, 5.74) is 3.24. The Morgan fingerprint density at radius 1 is 0.467 bits per heavy atom. The van der Waals surface area contributed by atoms with Crippen LogP contribution in [0.4, 0.5) is 0 Å². The van der Waals surface area contributed by atoms with Gasteiger partial charge in [0.1, 0.15) is 0 Å². The third kappa shape index (κ3) is 10.5. The summed E-state index contributed by atoms with van der Waals surface area (Å²) in [6.07, 6.45) is 21.6. The summed E-state index contributed by atoms with van der Waals surface area (Å²) in [5, 5.41) is 2.30. The summed E-state index contributed by atoms with van der Waals surface area (Å²) in [4.78, 5) is 9.01. The van der Waals surface area contributed by atoms with Gasteiger partial charge >= 0.3 is 267 Å². The molecular weight excluding hydrogens is 727 g/mol. The fraction of sp³-hybridized carbons (Fsp3) is 0.600. The Balaban J connectivity index is 1.63. The second-order valence-corrected chi connectivity index (χ2v) is 31.6. The molecule has 4 aromatic heterocycles. The quantitative estimate of drug-likeness (QED) is 0.0519. The van der Waals surface area contributed by atoms with Crippen molar-refractivity contribution >= 4 is 66.6 Å². The number of rotatable bonds is 23. The number of thiophene rings is 4. The van der Waals surface area contributed by atoms with Gasteiger partial charge in [-0.25, -0.2) is 0 Å². The molecule has 5 heteroatoms. The fourth-order valence-corrected chi connectivity index (χ4v) is 30.6. The molecule has 0 radical (unpaired) electrons. The normalized spacial score (nSPS) is 12.0. The second-order valence-electron chi connectivity index (χ2n) is 13.3. The Morgan fingerprint density at radius 3 is 1.49 bits per heavy atom. The molecular formula is C40H60S4Sn. The van der Waals surface area contributed by atoms with E-state index in [0.29, 0.717) is 0 Å². The van der Waals surface area contributed by atoms with Crippen molar-refractivity contribution in [1.29, 1.82) is 0 Å². The first-order chi connectivity index (χ1) is 22.1. The van der Waals surface area contributed by atoms with Crippen molar-refractivity contribution in [3.63, 3.8) is 0 Å². The average Bonchev–Trinajstić information content (AvgIpc) is 3.87. The molecule has 0 unspecified atom stereocenters. The Bertz CT molecular complexity index is 1350. The van der Waals surface area contributed by atoms with E-state index in [1.165, 1.54) is 127 Å². The van der Waals surface area contributed by atoms with Gasteiger partial charge in [0, 0.05) is 0 Å². The molecule has 4 rings (SSSR count). The summed E-state index contributed by atoms with van der Waals surface area (Å²) in [5.74, 6) is 0. The molecule has 45 heavy (non-hydrogen) atoms. The Kier molecular flexibility index (Phi) is 16.8. The van der Waals surface area contributed by atoms with Crippen LogP contribution in [0.1, 0.15) is 136 Å². The van der Waals surface area contributed by atoms with Crippen LogP contribution >= 0.6 is 45.3 Å². The van der Waals surface area contributed by atoms with Gasteiger partial charge in [-0.15, -0.1) is 0 Å². The van der Waals surface area contributed by atoms with Crippen molar-refractivity contribution in [2.75, 3.05) is 0 Å². The molecule has 0 saturated heterocycles. The van der Waals surface area contributed by atoms with E-state index in [0.717, 1.165) is 0 Å². The molecule has 4 heterocycles. The van der Waals surface area contributed by atoms with E-state index >= 15 is 0 Å². The number of unbranched alkanes of at least 4 members (excludes halogenated alkanes) is 9. The molecule has 0 spiro atoms. The fourth-order valence-electron chi connectivity index (χ4n) is 6.79. The summed E-state index contributed by atoms with van der Waals surface area (Å²) in [7, 11) is 0. The van der Waals surface area contributed by atoms with Gasteiger partial charge in [0.2, 0.25) is 0 Å². The van der Waals surface area contributed by atoms with Gasteiger partial charge in [-0.2, -0.15) is 0 Å². The Labute approximate surface area is 297 Å². The van der Waals surface area contributed by atoms with Crippen molar-refractivity contribution in [2.45, 2.75) is 151 Å². The van der Waals surface area contributed by atoms with Gasteiger partial charge in [0.25, 0.3) is 0 Å². The molecule has 0 N–H and O–H groups in total. The summed E-state index contributed by atoms with van der Waals surface area (Å²) in [6.45, 7) is 11.9. The van der Waals surface area contributed by atoms with Crippen LogP contribution in [0.2, 0.25) is 13.3 Å². The topological polar surface area (TPSA) is 0 Å². The van der Waals surface area contributed by atoms with Crippen molar-refractivity contribution in [3.05, 3.63) is 52.9 Å². The van der Waals surface area contributed by atoms with Gasteiger partial charge in [-0.1, -0.05) is 26.2 Å². The maximum absolute atomic E-state index is 2.80. The summed E-state index contributed by atoms with van der Waals surface area (Å²) < 4.78 is 6.62. The van der Waals surface area contributed by atoms with Crippen molar-refractivity contribution in [2.24, 2.45) is 0 Å². The van der Waals surface area contributed by atoms with Crippen molar-refractivity contribution < 1.29 is 0 Å². The van der Waals surface area contributed by atoms with Crippen LogP contribution in [0.3, 0.4) is 0 Å². The van der Waals surface area contributed by atoms with Gasteiger partial charge in [-0.3, -0.25) is 0 Å². The van der Waals surface area contributed by atoms with Crippen molar-refractivity contribution in [3.8, 4) is 29.3 Å². The third-order valence-corrected chi connectivity index (χ3v) is 32.7. The van der Waals surface area contributed by atoms with Crippen LogP contribution in [0.25, 0.3) is 29.3 Å². The van der Waals surface area contributed by atoms with E-state index in [2.05, 4.69) is 99.1 Å². The molecule has 0 aromatic carbocycles. The minimum atomic E-state index is -2.47. The molecule has 4 aromatic rings. The van der Waals surface area contributed by atoms with Crippen molar-refractivity contribution in [1.82, 2.24) is 0 Å². The zero-order valence-electron chi connectivity index (χ0n) is 29.1. The standard InChI is InChI=1S/C28H33S4.3C4H9.Sn/c1-3-5-7-9-11-21-17-19-29-27(21)25-15-13-23(31-25)24-14-16-26(32-24)28-22(18-20-30-28)12-10-8-6-4-2;3*1-3-4-2;/h13-19H,3-12H2,1-2H3;3*1,3-4H2,2H3;. The van der Waals surface area contributed by atoms with Crippen LogP contribution in [-0.4, -0.2) is 18.4 Å². The molecule has 0 aliphatic carbocycles. The van der Waals surface area contributed by atoms with E-state index < -0.39 is 18.4 Å². The van der Waals surface area contributed by atoms with Crippen LogP contribution in [-0.2, 0) is 12.8 Å². The first-order valence-corrected chi connectivity index (χ1v) is 29.3. The first-order valence-electron chi connectivity index (χ1n) is 18.5. The molecule has 0 fully saturated rings. The summed E-state index contributed by atoms with van der Waals surface area (Å²) in [6, 6.07) is 14.8. The van der Waals surface area contributed by atoms with E-state index in [1.807, 2.05) is 25.6 Å². The monoisotopic (exact) mass is 788 g/mol. The van der Waals surface area contributed by atoms with Crippen LogP contribution in [0.15, 0.2) is 41.8 Å². The molecule has 0 saturated carbocycles. The average molecular weight is 788 g/mol. The predicted octanol–water partition coefficient (Wildman–Crippen LogP) is 15.2. The molecule has 0 aliphatic heterocycles. The molecule has 0 nitrogen and oxygen atoms in total. The molecule has 0 atom stereocenters. The Hall–Kier alpha value is -0.401. The zero-order valence-corrected chi connectivity index (χ0v) is 35.2. The minimum absolute atomic E-state index is 1.22. The molecule has 248 valence electrons. The van der Waals surface area contributed by atoms with E-state index in [9.17, 15) is 0 Å². The van der Waals surface area contributed by atoms with Gasteiger partial charge < -0.3 is 0 Å². The number of aryl methyl sites for hydroxylation is 2. The van der Waals surface area contributed by atoms with Crippen LogP contribution in [0, 0.1) is 0 Å². The van der Waals surface area contributed by atoms with E-state index in [4.69, 9.17) is 0 Å². The maximum atomic E-state index is 2.80. The Morgan fingerprint density at radius 2 is 0.956 bits per heavy atom. The number of hydrogen-bond acceptors (Lipinski definition) is 4. The van der Waals surface area contributed by atoms with Gasteiger partial charge in [-0.05, 0) is 6.42 Å².